The van der Waals surface area contributed by atoms with Crippen LogP contribution < -0.4 is 4.74 Å². The predicted molar refractivity (Wildman–Crippen MR) is 99.8 cm³/mol. The summed E-state index contributed by atoms with van der Waals surface area (Å²) in [7, 11) is 0. The van der Waals surface area contributed by atoms with Gasteiger partial charge in [0.2, 0.25) is 0 Å². The highest BCUT2D eigenvalue weighted by atomic mass is 16.5. The SMILES string of the molecule is CCCCCCCOc1cc(C(C)(C)C)c(O)c(C(C)(C)C)c1. The molecule has 0 saturated carbocycles. The fourth-order valence-corrected chi connectivity index (χ4v) is 2.73. The van der Waals surface area contributed by atoms with Gasteiger partial charge in [0.05, 0.1) is 6.61 Å². The Labute approximate surface area is 143 Å². The van der Waals surface area contributed by atoms with Crippen LogP contribution in [0.15, 0.2) is 12.1 Å². The van der Waals surface area contributed by atoms with Crippen LogP contribution in [0, 0.1) is 0 Å². The van der Waals surface area contributed by atoms with Crippen molar-refractivity contribution in [2.24, 2.45) is 0 Å². The molecule has 2 nitrogen and oxygen atoms in total. The third-order valence-electron chi connectivity index (χ3n) is 4.22. The molecule has 23 heavy (non-hydrogen) atoms. The molecule has 0 heterocycles. The molecular weight excluding hydrogens is 284 g/mol. The molecule has 1 rings (SSSR count). The van der Waals surface area contributed by atoms with Crippen molar-refractivity contribution < 1.29 is 9.84 Å². The molecule has 1 aromatic carbocycles. The number of ether oxygens (including phenoxy) is 1. The van der Waals surface area contributed by atoms with Crippen molar-refractivity contribution >= 4 is 0 Å². The Morgan fingerprint density at radius 1 is 0.826 bits per heavy atom. The van der Waals surface area contributed by atoms with Crippen LogP contribution in [-0.2, 0) is 10.8 Å². The summed E-state index contributed by atoms with van der Waals surface area (Å²) in [5, 5.41) is 10.7. The van der Waals surface area contributed by atoms with Crippen LogP contribution in [0.5, 0.6) is 11.5 Å². The normalized spacial score (nSPS) is 12.5. The first-order chi connectivity index (χ1) is 10.6. The quantitative estimate of drug-likeness (QED) is 0.594. The summed E-state index contributed by atoms with van der Waals surface area (Å²) in [6.07, 6.45) is 6.18. The molecule has 132 valence electrons. The van der Waals surface area contributed by atoms with E-state index in [1.54, 1.807) is 0 Å². The molecule has 0 saturated heterocycles. The van der Waals surface area contributed by atoms with Crippen LogP contribution in [0.4, 0.5) is 0 Å². The number of unbranched alkanes of at least 4 members (excludes halogenated alkanes) is 4. The molecule has 0 aromatic heterocycles. The van der Waals surface area contributed by atoms with Crippen LogP contribution in [0.25, 0.3) is 0 Å². The second kappa shape index (κ2) is 8.08. The van der Waals surface area contributed by atoms with E-state index in [1.807, 2.05) is 12.1 Å². The molecule has 0 atom stereocenters. The van der Waals surface area contributed by atoms with E-state index < -0.39 is 0 Å². The second-order valence-corrected chi connectivity index (χ2v) is 8.63. The minimum absolute atomic E-state index is 0.107. The minimum atomic E-state index is -0.107. The van der Waals surface area contributed by atoms with Gasteiger partial charge < -0.3 is 9.84 Å². The summed E-state index contributed by atoms with van der Waals surface area (Å²) in [5.41, 5.74) is 1.71. The lowest BCUT2D eigenvalue weighted by molar-refractivity contribution is 0.301. The van der Waals surface area contributed by atoms with Gasteiger partial charge in [0.1, 0.15) is 11.5 Å². The van der Waals surface area contributed by atoms with Gasteiger partial charge >= 0.3 is 0 Å². The Morgan fingerprint density at radius 2 is 1.30 bits per heavy atom. The number of rotatable bonds is 7. The van der Waals surface area contributed by atoms with Gasteiger partial charge in [0.25, 0.3) is 0 Å². The number of phenols is 1. The maximum atomic E-state index is 10.7. The number of phenolic OH excluding ortho intramolecular Hbond substituents is 1. The first-order valence-electron chi connectivity index (χ1n) is 9.08. The Balaban J connectivity index is 2.91. The number of hydrogen-bond donors (Lipinski definition) is 1. The van der Waals surface area contributed by atoms with E-state index in [4.69, 9.17) is 4.74 Å². The smallest absolute Gasteiger partial charge is 0.123 e. The molecule has 0 aliphatic rings. The van der Waals surface area contributed by atoms with Gasteiger partial charge in [-0.05, 0) is 29.4 Å². The first kappa shape index (κ1) is 19.9. The highest BCUT2D eigenvalue weighted by molar-refractivity contribution is 5.51. The molecule has 0 unspecified atom stereocenters. The molecule has 1 N–H and O–H groups in total. The maximum absolute atomic E-state index is 10.7. The van der Waals surface area contributed by atoms with Crippen LogP contribution in [0.3, 0.4) is 0 Å². The molecule has 0 bridgehead atoms. The summed E-state index contributed by atoms with van der Waals surface area (Å²) in [6.45, 7) is 15.8. The van der Waals surface area contributed by atoms with Gasteiger partial charge in [-0.2, -0.15) is 0 Å². The molecular formula is C21H36O2. The van der Waals surface area contributed by atoms with Crippen molar-refractivity contribution in [2.45, 2.75) is 91.4 Å². The summed E-state index contributed by atoms with van der Waals surface area (Å²) in [5.74, 6) is 1.30. The zero-order valence-electron chi connectivity index (χ0n) is 16.3. The molecule has 0 fully saturated rings. The maximum Gasteiger partial charge on any atom is 0.123 e. The summed E-state index contributed by atoms with van der Waals surface area (Å²) >= 11 is 0. The fraction of sp³-hybridized carbons (Fsp3) is 0.714. The highest BCUT2D eigenvalue weighted by Crippen LogP contribution is 2.41. The van der Waals surface area contributed by atoms with E-state index in [2.05, 4.69) is 48.5 Å². The van der Waals surface area contributed by atoms with Crippen molar-refractivity contribution in [3.8, 4) is 11.5 Å². The lowest BCUT2D eigenvalue weighted by Gasteiger charge is -2.28. The van der Waals surface area contributed by atoms with Crippen molar-refractivity contribution in [1.82, 2.24) is 0 Å². The van der Waals surface area contributed by atoms with E-state index in [-0.39, 0.29) is 10.8 Å². The van der Waals surface area contributed by atoms with Crippen molar-refractivity contribution in [2.75, 3.05) is 6.61 Å². The topological polar surface area (TPSA) is 29.5 Å². The molecule has 0 aliphatic carbocycles. The molecule has 0 amide bonds. The van der Waals surface area contributed by atoms with E-state index >= 15 is 0 Å². The number of aromatic hydroxyl groups is 1. The van der Waals surface area contributed by atoms with Gasteiger partial charge in [0, 0.05) is 11.1 Å². The third kappa shape index (κ3) is 6.08. The minimum Gasteiger partial charge on any atom is -0.507 e. The van der Waals surface area contributed by atoms with Gasteiger partial charge in [-0.3, -0.25) is 0 Å². The summed E-state index contributed by atoms with van der Waals surface area (Å²) in [4.78, 5) is 0. The fourth-order valence-electron chi connectivity index (χ4n) is 2.73. The largest absolute Gasteiger partial charge is 0.507 e. The summed E-state index contributed by atoms with van der Waals surface area (Å²) in [6, 6.07) is 4.02. The molecule has 1 aromatic rings. The Kier molecular flexibility index (Phi) is 6.98. The predicted octanol–water partition coefficient (Wildman–Crippen LogP) is 6.34. The zero-order valence-corrected chi connectivity index (χ0v) is 16.3. The van der Waals surface area contributed by atoms with E-state index in [0.717, 1.165) is 29.9 Å². The van der Waals surface area contributed by atoms with Crippen molar-refractivity contribution in [1.29, 1.82) is 0 Å². The molecule has 2 heteroatoms. The Morgan fingerprint density at radius 3 is 1.74 bits per heavy atom. The Hall–Kier alpha value is -1.18. The molecule has 0 radical (unpaired) electrons. The van der Waals surface area contributed by atoms with Crippen LogP contribution in [0.2, 0.25) is 0 Å². The standard InChI is InChI=1S/C21H36O2/c1-8-9-10-11-12-13-23-16-14-17(20(2,3)4)19(22)18(15-16)21(5,6)7/h14-15,22H,8-13H2,1-7H3. The number of benzene rings is 1. The van der Waals surface area contributed by atoms with Crippen molar-refractivity contribution in [3.63, 3.8) is 0 Å². The van der Waals surface area contributed by atoms with Crippen LogP contribution >= 0.6 is 0 Å². The number of hydrogen-bond acceptors (Lipinski definition) is 2. The molecule has 0 aliphatic heterocycles. The summed E-state index contributed by atoms with van der Waals surface area (Å²) < 4.78 is 6.00. The van der Waals surface area contributed by atoms with Gasteiger partial charge in [-0.1, -0.05) is 74.1 Å². The average Bonchev–Trinajstić information content (AvgIpc) is 2.41. The zero-order chi connectivity index (χ0) is 17.7. The van der Waals surface area contributed by atoms with Gasteiger partial charge in [-0.15, -0.1) is 0 Å². The van der Waals surface area contributed by atoms with E-state index in [9.17, 15) is 5.11 Å². The van der Waals surface area contributed by atoms with E-state index in [1.165, 1.54) is 25.7 Å². The molecule has 0 spiro atoms. The Bertz CT molecular complexity index is 455. The lowest BCUT2D eigenvalue weighted by Crippen LogP contribution is -2.17. The second-order valence-electron chi connectivity index (χ2n) is 8.63. The monoisotopic (exact) mass is 320 g/mol. The van der Waals surface area contributed by atoms with Crippen molar-refractivity contribution in [3.05, 3.63) is 23.3 Å². The van der Waals surface area contributed by atoms with E-state index in [0.29, 0.717) is 5.75 Å². The van der Waals surface area contributed by atoms with Crippen LogP contribution in [0.1, 0.15) is 91.7 Å². The highest BCUT2D eigenvalue weighted by Gasteiger charge is 2.26. The third-order valence-corrected chi connectivity index (χ3v) is 4.22. The van der Waals surface area contributed by atoms with Crippen LogP contribution in [-0.4, -0.2) is 11.7 Å². The van der Waals surface area contributed by atoms with Gasteiger partial charge in [0.15, 0.2) is 0 Å². The average molecular weight is 321 g/mol. The van der Waals surface area contributed by atoms with Gasteiger partial charge in [-0.25, -0.2) is 0 Å². The lowest BCUT2D eigenvalue weighted by atomic mass is 9.79. The first-order valence-corrected chi connectivity index (χ1v) is 9.08.